The molecule has 2 aromatic rings. The molecule has 0 bridgehead atoms. The molecular formula is C16H19N3O. The van der Waals surface area contributed by atoms with Crippen molar-refractivity contribution in [3.63, 3.8) is 0 Å². The third-order valence-electron chi connectivity index (χ3n) is 3.14. The van der Waals surface area contributed by atoms with E-state index < -0.39 is 0 Å². The highest BCUT2D eigenvalue weighted by Gasteiger charge is 2.10. The topological polar surface area (TPSA) is 68.0 Å². The maximum absolute atomic E-state index is 12.0. The number of nitrogens with two attached hydrogens (primary N) is 1. The summed E-state index contributed by atoms with van der Waals surface area (Å²) in [4.78, 5) is 16.1. The van der Waals surface area contributed by atoms with Gasteiger partial charge in [0.15, 0.2) is 0 Å². The van der Waals surface area contributed by atoms with E-state index in [9.17, 15) is 4.79 Å². The number of rotatable bonds is 4. The number of amides is 1. The van der Waals surface area contributed by atoms with Gasteiger partial charge in [0, 0.05) is 5.69 Å². The van der Waals surface area contributed by atoms with Gasteiger partial charge in [-0.05, 0) is 31.5 Å². The van der Waals surface area contributed by atoms with Gasteiger partial charge in [0.2, 0.25) is 5.91 Å². The predicted octanol–water partition coefficient (Wildman–Crippen LogP) is 2.39. The molecule has 1 atom stereocenters. The predicted molar refractivity (Wildman–Crippen MR) is 80.1 cm³/mol. The Morgan fingerprint density at radius 3 is 2.55 bits per heavy atom. The van der Waals surface area contributed by atoms with Crippen LogP contribution < -0.4 is 11.1 Å². The minimum absolute atomic E-state index is 0.0168. The lowest BCUT2D eigenvalue weighted by Crippen LogP contribution is -2.28. The number of hydrogen-bond donors (Lipinski definition) is 2. The smallest absolute Gasteiger partial charge is 0.226 e. The van der Waals surface area contributed by atoms with Gasteiger partial charge >= 0.3 is 0 Å². The van der Waals surface area contributed by atoms with Crippen molar-refractivity contribution >= 4 is 11.6 Å². The Bertz CT molecular complexity index is 576. The second kappa shape index (κ2) is 6.19. The summed E-state index contributed by atoms with van der Waals surface area (Å²) in [6.07, 6.45) is 1.82. The standard InChI is InChI=1S/C16H19N3O/c1-11-3-5-13(6-4-11)12(2)19-16(20)9-15-8-7-14(17)10-18-15/h3-8,10,12H,9,17H2,1-2H3,(H,19,20). The first-order valence-electron chi connectivity index (χ1n) is 6.61. The van der Waals surface area contributed by atoms with Crippen molar-refractivity contribution in [2.45, 2.75) is 26.3 Å². The van der Waals surface area contributed by atoms with E-state index in [1.807, 2.05) is 38.1 Å². The fourth-order valence-corrected chi connectivity index (χ4v) is 1.94. The number of pyridine rings is 1. The van der Waals surface area contributed by atoms with Crippen molar-refractivity contribution < 1.29 is 4.79 Å². The molecule has 0 radical (unpaired) electrons. The molecule has 20 heavy (non-hydrogen) atoms. The van der Waals surface area contributed by atoms with Crippen LogP contribution in [0.4, 0.5) is 5.69 Å². The van der Waals surface area contributed by atoms with Gasteiger partial charge in [-0.15, -0.1) is 0 Å². The fourth-order valence-electron chi connectivity index (χ4n) is 1.94. The van der Waals surface area contributed by atoms with Crippen LogP contribution in [0.2, 0.25) is 0 Å². The number of aryl methyl sites for hydroxylation is 1. The molecule has 0 aliphatic carbocycles. The van der Waals surface area contributed by atoms with E-state index in [0.717, 1.165) is 5.56 Å². The largest absolute Gasteiger partial charge is 0.397 e. The van der Waals surface area contributed by atoms with Gasteiger partial charge in [-0.1, -0.05) is 29.8 Å². The summed E-state index contributed by atoms with van der Waals surface area (Å²) >= 11 is 0. The normalized spacial score (nSPS) is 11.9. The number of carbonyl (C=O) groups is 1. The van der Waals surface area contributed by atoms with Gasteiger partial charge in [-0.3, -0.25) is 9.78 Å². The highest BCUT2D eigenvalue weighted by molar-refractivity contribution is 5.78. The van der Waals surface area contributed by atoms with Crippen molar-refractivity contribution in [1.82, 2.24) is 10.3 Å². The average Bonchev–Trinajstić information content (AvgIpc) is 2.42. The Morgan fingerprint density at radius 2 is 1.95 bits per heavy atom. The molecule has 1 unspecified atom stereocenters. The van der Waals surface area contributed by atoms with Gasteiger partial charge < -0.3 is 11.1 Å². The summed E-state index contributed by atoms with van der Waals surface area (Å²) in [7, 11) is 0. The second-order valence-corrected chi connectivity index (χ2v) is 4.96. The first-order chi connectivity index (χ1) is 9.54. The van der Waals surface area contributed by atoms with Crippen molar-refractivity contribution in [3.05, 3.63) is 59.4 Å². The zero-order valence-electron chi connectivity index (χ0n) is 11.8. The van der Waals surface area contributed by atoms with Gasteiger partial charge in [-0.2, -0.15) is 0 Å². The van der Waals surface area contributed by atoms with E-state index in [1.54, 1.807) is 18.3 Å². The molecule has 1 aromatic heterocycles. The minimum atomic E-state index is -0.0460. The van der Waals surface area contributed by atoms with Crippen molar-refractivity contribution in [1.29, 1.82) is 0 Å². The first kappa shape index (κ1) is 14.1. The van der Waals surface area contributed by atoms with Crippen LogP contribution in [0.15, 0.2) is 42.6 Å². The Hall–Kier alpha value is -2.36. The molecule has 0 spiro atoms. The number of benzene rings is 1. The summed E-state index contributed by atoms with van der Waals surface area (Å²) in [5.74, 6) is -0.0460. The van der Waals surface area contributed by atoms with E-state index in [2.05, 4.69) is 10.3 Å². The van der Waals surface area contributed by atoms with Crippen LogP contribution in [0.5, 0.6) is 0 Å². The number of nitrogens with zero attached hydrogens (tertiary/aromatic N) is 1. The molecule has 104 valence electrons. The Morgan fingerprint density at radius 1 is 1.25 bits per heavy atom. The SMILES string of the molecule is Cc1ccc(C(C)NC(=O)Cc2ccc(N)cn2)cc1. The number of carbonyl (C=O) groups excluding carboxylic acids is 1. The summed E-state index contributed by atoms with van der Waals surface area (Å²) in [5, 5.41) is 2.97. The lowest BCUT2D eigenvalue weighted by Gasteiger charge is -2.14. The molecule has 4 heteroatoms. The maximum Gasteiger partial charge on any atom is 0.226 e. The van der Waals surface area contributed by atoms with Crippen LogP contribution in [0.1, 0.15) is 29.8 Å². The van der Waals surface area contributed by atoms with Gasteiger partial charge in [0.05, 0.1) is 24.3 Å². The third kappa shape index (κ3) is 3.82. The third-order valence-corrected chi connectivity index (χ3v) is 3.14. The van der Waals surface area contributed by atoms with Crippen molar-refractivity contribution in [2.75, 3.05) is 5.73 Å². The number of hydrogen-bond acceptors (Lipinski definition) is 3. The number of aromatic nitrogens is 1. The summed E-state index contributed by atoms with van der Waals surface area (Å²) in [6, 6.07) is 11.6. The molecule has 1 amide bonds. The molecule has 2 rings (SSSR count). The zero-order chi connectivity index (χ0) is 14.5. The summed E-state index contributed by atoms with van der Waals surface area (Å²) in [5.41, 5.74) is 9.18. The van der Waals surface area contributed by atoms with E-state index in [4.69, 9.17) is 5.73 Å². The quantitative estimate of drug-likeness (QED) is 0.895. The Labute approximate surface area is 119 Å². The van der Waals surface area contributed by atoms with E-state index in [1.165, 1.54) is 5.56 Å². The lowest BCUT2D eigenvalue weighted by atomic mass is 10.1. The summed E-state index contributed by atoms with van der Waals surface area (Å²) < 4.78 is 0. The average molecular weight is 269 g/mol. The number of nitrogens with one attached hydrogen (secondary N) is 1. The zero-order valence-corrected chi connectivity index (χ0v) is 11.8. The Kier molecular flexibility index (Phi) is 4.35. The monoisotopic (exact) mass is 269 g/mol. The fraction of sp³-hybridized carbons (Fsp3) is 0.250. The summed E-state index contributed by atoms with van der Waals surface area (Å²) in [6.45, 7) is 4.01. The minimum Gasteiger partial charge on any atom is -0.397 e. The first-order valence-corrected chi connectivity index (χ1v) is 6.61. The molecule has 0 saturated carbocycles. The molecule has 3 N–H and O–H groups in total. The lowest BCUT2D eigenvalue weighted by molar-refractivity contribution is -0.121. The van der Waals surface area contributed by atoms with Gasteiger partial charge in [0.1, 0.15) is 0 Å². The van der Waals surface area contributed by atoms with Crippen LogP contribution in [-0.4, -0.2) is 10.9 Å². The van der Waals surface area contributed by atoms with Gasteiger partial charge in [0.25, 0.3) is 0 Å². The second-order valence-electron chi connectivity index (χ2n) is 4.96. The molecule has 0 fully saturated rings. The van der Waals surface area contributed by atoms with Crippen molar-refractivity contribution in [2.24, 2.45) is 0 Å². The molecule has 1 aromatic carbocycles. The van der Waals surface area contributed by atoms with E-state index in [0.29, 0.717) is 11.4 Å². The van der Waals surface area contributed by atoms with E-state index >= 15 is 0 Å². The highest BCUT2D eigenvalue weighted by Crippen LogP contribution is 2.13. The number of anilines is 1. The molecule has 0 saturated heterocycles. The molecule has 0 aliphatic rings. The van der Waals surface area contributed by atoms with Crippen LogP contribution in [0, 0.1) is 6.92 Å². The molecule has 4 nitrogen and oxygen atoms in total. The van der Waals surface area contributed by atoms with Crippen LogP contribution in [-0.2, 0) is 11.2 Å². The highest BCUT2D eigenvalue weighted by atomic mass is 16.1. The molecule has 1 heterocycles. The van der Waals surface area contributed by atoms with Crippen LogP contribution in [0.3, 0.4) is 0 Å². The number of nitrogen functional groups attached to an aromatic ring is 1. The van der Waals surface area contributed by atoms with Crippen molar-refractivity contribution in [3.8, 4) is 0 Å². The van der Waals surface area contributed by atoms with Gasteiger partial charge in [-0.25, -0.2) is 0 Å². The maximum atomic E-state index is 12.0. The van der Waals surface area contributed by atoms with E-state index in [-0.39, 0.29) is 18.4 Å². The Balaban J connectivity index is 1.93. The molecular weight excluding hydrogens is 250 g/mol. The molecule has 0 aliphatic heterocycles. The van der Waals surface area contributed by atoms with Crippen LogP contribution >= 0.6 is 0 Å². The van der Waals surface area contributed by atoms with Crippen LogP contribution in [0.25, 0.3) is 0 Å².